The van der Waals surface area contributed by atoms with Crippen LogP contribution in [0.3, 0.4) is 0 Å². The third kappa shape index (κ3) is 2.51. The fraction of sp³-hybridized carbons (Fsp3) is 0.700. The largest absolute Gasteiger partial charge is 0.335 e. The molecule has 0 aliphatic carbocycles. The second-order valence-electron chi connectivity index (χ2n) is 4.14. The van der Waals surface area contributed by atoms with Crippen molar-refractivity contribution in [1.29, 1.82) is 0 Å². The summed E-state index contributed by atoms with van der Waals surface area (Å²) < 4.78 is 26.2. The van der Waals surface area contributed by atoms with E-state index in [1.54, 1.807) is 6.92 Å². The first-order valence-corrected chi connectivity index (χ1v) is 7.07. The number of nitrogens with one attached hydrogen (secondary N) is 1. The Morgan fingerprint density at radius 1 is 1.53 bits per heavy atom. The molecule has 0 aromatic carbocycles. The molecule has 1 atom stereocenters. The van der Waals surface area contributed by atoms with E-state index in [2.05, 4.69) is 9.97 Å². The van der Waals surface area contributed by atoms with E-state index in [0.717, 1.165) is 0 Å². The topological polar surface area (TPSA) is 92.1 Å². The number of nitrogens with two attached hydrogens (primary N) is 1. The second kappa shape index (κ2) is 5.16. The monoisotopic (exact) mass is 260 g/mol. The van der Waals surface area contributed by atoms with E-state index in [9.17, 15) is 8.42 Å². The molecule has 98 valence electrons. The minimum atomic E-state index is -3.55. The predicted octanol–water partition coefficient (Wildman–Crippen LogP) is 0.548. The molecule has 0 fully saturated rings. The number of H-pyrrole nitrogens is 1. The van der Waals surface area contributed by atoms with E-state index in [0.29, 0.717) is 13.0 Å². The van der Waals surface area contributed by atoms with Gasteiger partial charge in [0.1, 0.15) is 0 Å². The molecule has 1 rings (SSSR count). The Morgan fingerprint density at radius 3 is 2.53 bits per heavy atom. The van der Waals surface area contributed by atoms with Gasteiger partial charge in [0.25, 0.3) is 10.0 Å². The van der Waals surface area contributed by atoms with Crippen LogP contribution in [0.4, 0.5) is 0 Å². The van der Waals surface area contributed by atoms with E-state index in [-0.39, 0.29) is 11.6 Å². The Morgan fingerprint density at radius 2 is 2.18 bits per heavy atom. The number of likely N-dealkylation sites (N-methyl/N-ethyl adjacent to an activating group) is 1. The molecule has 1 aromatic heterocycles. The summed E-state index contributed by atoms with van der Waals surface area (Å²) in [6.45, 7) is 6.24. The standard InChI is InChI=1S/C10H20N4O2S/c1-4-10(3,7-11)14(5-2)17(15,16)9-6-12-8-13-9/h6,8H,4-5,7,11H2,1-3H3,(H,12,13). The summed E-state index contributed by atoms with van der Waals surface area (Å²) in [5, 5.41) is 0.104. The summed E-state index contributed by atoms with van der Waals surface area (Å²) in [6, 6.07) is 0. The lowest BCUT2D eigenvalue weighted by Crippen LogP contribution is -2.53. The number of aromatic nitrogens is 2. The number of hydrogen-bond donors (Lipinski definition) is 2. The van der Waals surface area contributed by atoms with Crippen molar-refractivity contribution in [1.82, 2.24) is 14.3 Å². The quantitative estimate of drug-likeness (QED) is 0.781. The highest BCUT2D eigenvalue weighted by atomic mass is 32.2. The summed E-state index contributed by atoms with van der Waals surface area (Å²) in [5.74, 6) is 0. The molecule has 0 saturated heterocycles. The van der Waals surface area contributed by atoms with Crippen LogP contribution in [-0.2, 0) is 10.0 Å². The summed E-state index contributed by atoms with van der Waals surface area (Å²) in [7, 11) is -3.55. The van der Waals surface area contributed by atoms with Crippen LogP contribution in [0.25, 0.3) is 0 Å². The normalized spacial score (nSPS) is 16.1. The van der Waals surface area contributed by atoms with Gasteiger partial charge in [-0.05, 0) is 13.3 Å². The Bertz CT molecular complexity index is 437. The van der Waals surface area contributed by atoms with Crippen LogP contribution in [0.15, 0.2) is 17.6 Å². The van der Waals surface area contributed by atoms with Crippen molar-refractivity contribution in [2.45, 2.75) is 37.8 Å². The first-order chi connectivity index (χ1) is 7.92. The highest BCUT2D eigenvalue weighted by molar-refractivity contribution is 7.89. The van der Waals surface area contributed by atoms with E-state index in [1.807, 2.05) is 13.8 Å². The SMILES string of the molecule is CCN(C(C)(CC)CN)S(=O)(=O)c1cnc[nH]1. The zero-order valence-corrected chi connectivity index (χ0v) is 11.3. The number of hydrogen-bond acceptors (Lipinski definition) is 4. The van der Waals surface area contributed by atoms with Gasteiger partial charge >= 0.3 is 0 Å². The fourth-order valence-corrected chi connectivity index (χ4v) is 3.52. The van der Waals surface area contributed by atoms with E-state index in [4.69, 9.17) is 5.73 Å². The molecular formula is C10H20N4O2S. The molecule has 3 N–H and O–H groups in total. The van der Waals surface area contributed by atoms with Crippen molar-refractivity contribution in [2.24, 2.45) is 5.73 Å². The molecule has 1 unspecified atom stereocenters. The Labute approximate surface area is 102 Å². The maximum absolute atomic E-state index is 12.4. The highest BCUT2D eigenvalue weighted by Gasteiger charge is 2.37. The summed E-state index contributed by atoms with van der Waals surface area (Å²) in [5.41, 5.74) is 5.14. The van der Waals surface area contributed by atoms with Crippen molar-refractivity contribution in [2.75, 3.05) is 13.1 Å². The zero-order chi connectivity index (χ0) is 13.1. The lowest BCUT2D eigenvalue weighted by atomic mass is 9.99. The molecule has 0 amide bonds. The van der Waals surface area contributed by atoms with Crippen molar-refractivity contribution in [3.63, 3.8) is 0 Å². The van der Waals surface area contributed by atoms with Crippen LogP contribution < -0.4 is 5.73 Å². The summed E-state index contributed by atoms with van der Waals surface area (Å²) >= 11 is 0. The third-order valence-electron chi connectivity index (χ3n) is 3.13. The van der Waals surface area contributed by atoms with Crippen LogP contribution in [0, 0.1) is 0 Å². The molecular weight excluding hydrogens is 240 g/mol. The van der Waals surface area contributed by atoms with E-state index in [1.165, 1.54) is 16.8 Å². The van der Waals surface area contributed by atoms with E-state index < -0.39 is 15.6 Å². The second-order valence-corrected chi connectivity index (χ2v) is 5.97. The van der Waals surface area contributed by atoms with Gasteiger partial charge in [0.05, 0.1) is 12.5 Å². The number of aromatic amines is 1. The van der Waals surface area contributed by atoms with E-state index >= 15 is 0 Å². The third-order valence-corrected chi connectivity index (χ3v) is 5.19. The molecule has 0 spiro atoms. The van der Waals surface area contributed by atoms with Gasteiger partial charge in [-0.1, -0.05) is 13.8 Å². The Balaban J connectivity index is 3.20. The maximum Gasteiger partial charge on any atom is 0.260 e. The van der Waals surface area contributed by atoms with Gasteiger partial charge in [0.2, 0.25) is 0 Å². The molecule has 7 heteroatoms. The van der Waals surface area contributed by atoms with Gasteiger partial charge in [-0.25, -0.2) is 13.4 Å². The van der Waals surface area contributed by atoms with Crippen LogP contribution in [0.1, 0.15) is 27.2 Å². The Hall–Kier alpha value is -0.920. The summed E-state index contributed by atoms with van der Waals surface area (Å²) in [4.78, 5) is 6.38. The number of imidazole rings is 1. The van der Waals surface area contributed by atoms with Gasteiger partial charge in [-0.15, -0.1) is 0 Å². The van der Waals surface area contributed by atoms with Crippen molar-refractivity contribution >= 4 is 10.0 Å². The molecule has 0 radical (unpaired) electrons. The molecule has 1 heterocycles. The molecule has 17 heavy (non-hydrogen) atoms. The van der Waals surface area contributed by atoms with Gasteiger partial charge in [0.15, 0.2) is 5.03 Å². The van der Waals surface area contributed by atoms with Crippen molar-refractivity contribution in [3.8, 4) is 0 Å². The lowest BCUT2D eigenvalue weighted by molar-refractivity contribution is 0.213. The lowest BCUT2D eigenvalue weighted by Gasteiger charge is -2.37. The van der Waals surface area contributed by atoms with Gasteiger partial charge in [-0.2, -0.15) is 4.31 Å². The minimum absolute atomic E-state index is 0.104. The predicted molar refractivity (Wildman–Crippen MR) is 65.9 cm³/mol. The van der Waals surface area contributed by atoms with Gasteiger partial charge < -0.3 is 10.7 Å². The maximum atomic E-state index is 12.4. The summed E-state index contributed by atoms with van der Waals surface area (Å²) in [6.07, 6.45) is 3.32. The number of rotatable bonds is 6. The fourth-order valence-electron chi connectivity index (χ4n) is 1.77. The first kappa shape index (κ1) is 14.1. The van der Waals surface area contributed by atoms with Crippen molar-refractivity contribution < 1.29 is 8.42 Å². The van der Waals surface area contributed by atoms with Gasteiger partial charge in [-0.3, -0.25) is 0 Å². The molecule has 1 aromatic rings. The van der Waals surface area contributed by atoms with Crippen LogP contribution in [0.5, 0.6) is 0 Å². The number of sulfonamides is 1. The number of nitrogens with zero attached hydrogens (tertiary/aromatic N) is 2. The first-order valence-electron chi connectivity index (χ1n) is 5.63. The zero-order valence-electron chi connectivity index (χ0n) is 10.5. The minimum Gasteiger partial charge on any atom is -0.335 e. The van der Waals surface area contributed by atoms with Crippen LogP contribution >= 0.6 is 0 Å². The van der Waals surface area contributed by atoms with Crippen LogP contribution in [-0.4, -0.2) is 41.3 Å². The molecule has 0 aliphatic rings. The van der Waals surface area contributed by atoms with Crippen LogP contribution in [0.2, 0.25) is 0 Å². The average molecular weight is 260 g/mol. The molecule has 6 nitrogen and oxygen atoms in total. The highest BCUT2D eigenvalue weighted by Crippen LogP contribution is 2.25. The molecule has 0 saturated carbocycles. The Kier molecular flexibility index (Phi) is 4.29. The molecule has 0 aliphatic heterocycles. The van der Waals surface area contributed by atoms with Gasteiger partial charge in [0, 0.05) is 18.6 Å². The average Bonchev–Trinajstić information content (AvgIpc) is 2.83. The molecule has 0 bridgehead atoms. The smallest absolute Gasteiger partial charge is 0.260 e. The van der Waals surface area contributed by atoms with Crippen molar-refractivity contribution in [3.05, 3.63) is 12.5 Å².